The molecule has 2 saturated carbocycles. The maximum Gasteiger partial charge on any atom is 0.303 e. The lowest BCUT2D eigenvalue weighted by Gasteiger charge is -2.29. The van der Waals surface area contributed by atoms with Crippen LogP contribution in [0.5, 0.6) is 0 Å². The monoisotopic (exact) mass is 499 g/mol. The highest BCUT2D eigenvalue weighted by molar-refractivity contribution is 7.86. The van der Waals surface area contributed by atoms with Crippen LogP contribution in [0.2, 0.25) is 0 Å². The number of carbonyl (C=O) groups is 4. The van der Waals surface area contributed by atoms with Crippen LogP contribution in [0.1, 0.15) is 47.0 Å². The standard InChI is InChI=1S/C22H33N3O8S/c1-6-8-23(5)34(30,31)24-9-7-15-19(24)11(2)21(28)25(15)22(29)18-14-10-16(32-12(3)26)20(17(14)18)33-13(4)27/h11,14-20H,6-10H2,1-5H3/t11-,14+,15-,16+,17-,18+,19+,20+/m0/s1. The van der Waals surface area contributed by atoms with E-state index in [1.165, 1.54) is 34.4 Å². The van der Waals surface area contributed by atoms with E-state index in [4.69, 9.17) is 9.47 Å². The first-order chi connectivity index (χ1) is 15.9. The SMILES string of the molecule is CCCN(C)S(=O)(=O)N1CC[C@H]2[C@H]1[C@H](C)C(=O)N2C(=O)[C@@H]1[C@@H]2C[C@@H](OC(C)=O)[C@@H](OC(C)=O)[C@@H]21. The number of ether oxygens (including phenoxy) is 2. The summed E-state index contributed by atoms with van der Waals surface area (Å²) >= 11 is 0. The maximum atomic E-state index is 13.6. The van der Waals surface area contributed by atoms with Crippen LogP contribution in [0.4, 0.5) is 0 Å². The third-order valence-corrected chi connectivity index (χ3v) is 9.68. The number of amides is 2. The van der Waals surface area contributed by atoms with Gasteiger partial charge < -0.3 is 9.47 Å². The Morgan fingerprint density at radius 2 is 1.79 bits per heavy atom. The number of imide groups is 1. The fourth-order valence-corrected chi connectivity index (χ4v) is 8.04. The van der Waals surface area contributed by atoms with Gasteiger partial charge in [0.15, 0.2) is 0 Å². The molecule has 2 aliphatic heterocycles. The zero-order chi connectivity index (χ0) is 25.1. The van der Waals surface area contributed by atoms with Crippen molar-refractivity contribution in [2.24, 2.45) is 23.7 Å². The summed E-state index contributed by atoms with van der Waals surface area (Å²) in [5.74, 6) is -3.36. The fraction of sp³-hybridized carbons (Fsp3) is 0.818. The van der Waals surface area contributed by atoms with Crippen LogP contribution in [0.25, 0.3) is 0 Å². The molecular formula is C22H33N3O8S. The summed E-state index contributed by atoms with van der Waals surface area (Å²) in [6.45, 7) is 6.72. The number of hydrogen-bond acceptors (Lipinski definition) is 8. The number of likely N-dealkylation sites (tertiary alicyclic amines) is 1. The molecule has 12 heteroatoms. The zero-order valence-electron chi connectivity index (χ0n) is 20.2. The van der Waals surface area contributed by atoms with Crippen LogP contribution < -0.4 is 0 Å². The molecular weight excluding hydrogens is 466 g/mol. The second-order valence-electron chi connectivity index (χ2n) is 9.85. The van der Waals surface area contributed by atoms with Gasteiger partial charge in [-0.25, -0.2) is 0 Å². The van der Waals surface area contributed by atoms with E-state index in [1.54, 1.807) is 6.92 Å². The number of fused-ring (bicyclic) bond motifs is 2. The largest absolute Gasteiger partial charge is 0.459 e. The van der Waals surface area contributed by atoms with Crippen molar-refractivity contribution in [3.05, 3.63) is 0 Å². The Morgan fingerprint density at radius 1 is 1.15 bits per heavy atom. The van der Waals surface area contributed by atoms with E-state index in [1.807, 2.05) is 6.92 Å². The summed E-state index contributed by atoms with van der Waals surface area (Å²) in [7, 11) is -2.23. The lowest BCUT2D eigenvalue weighted by atomic mass is 10.0. The van der Waals surface area contributed by atoms with E-state index in [9.17, 15) is 27.6 Å². The molecule has 11 nitrogen and oxygen atoms in total. The van der Waals surface area contributed by atoms with Gasteiger partial charge in [0.05, 0.1) is 18.0 Å². The number of esters is 2. The molecule has 0 N–H and O–H groups in total. The summed E-state index contributed by atoms with van der Waals surface area (Å²) < 4.78 is 39.6. The Hall–Kier alpha value is -2.05. The highest BCUT2D eigenvalue weighted by Crippen LogP contribution is 2.60. The molecule has 34 heavy (non-hydrogen) atoms. The van der Waals surface area contributed by atoms with Gasteiger partial charge in [-0.1, -0.05) is 13.8 Å². The van der Waals surface area contributed by atoms with Crippen molar-refractivity contribution in [2.45, 2.75) is 71.2 Å². The topological polar surface area (TPSA) is 131 Å². The molecule has 190 valence electrons. The van der Waals surface area contributed by atoms with Gasteiger partial charge in [0.1, 0.15) is 12.2 Å². The van der Waals surface area contributed by atoms with Gasteiger partial charge in [-0.15, -0.1) is 0 Å². The van der Waals surface area contributed by atoms with E-state index in [0.29, 0.717) is 25.8 Å². The summed E-state index contributed by atoms with van der Waals surface area (Å²) in [5.41, 5.74) is 0. The molecule has 2 aliphatic carbocycles. The molecule has 8 atom stereocenters. The minimum atomic E-state index is -3.75. The highest BCUT2D eigenvalue weighted by atomic mass is 32.2. The van der Waals surface area contributed by atoms with Crippen molar-refractivity contribution in [2.75, 3.05) is 20.1 Å². The summed E-state index contributed by atoms with van der Waals surface area (Å²) in [5, 5.41) is 0. The van der Waals surface area contributed by atoms with Crippen molar-refractivity contribution < 1.29 is 37.1 Å². The molecule has 0 aromatic carbocycles. The first kappa shape index (κ1) is 25.1. The summed E-state index contributed by atoms with van der Waals surface area (Å²) in [6, 6.07) is -1.12. The van der Waals surface area contributed by atoms with E-state index >= 15 is 0 Å². The van der Waals surface area contributed by atoms with Gasteiger partial charge >= 0.3 is 11.9 Å². The number of nitrogens with zero attached hydrogens (tertiary/aromatic N) is 3. The van der Waals surface area contributed by atoms with E-state index in [0.717, 1.165) is 0 Å². The smallest absolute Gasteiger partial charge is 0.303 e. The predicted molar refractivity (Wildman–Crippen MR) is 118 cm³/mol. The van der Waals surface area contributed by atoms with E-state index in [2.05, 4.69) is 0 Å². The molecule has 0 bridgehead atoms. The van der Waals surface area contributed by atoms with Crippen molar-refractivity contribution in [1.29, 1.82) is 0 Å². The molecule has 0 spiro atoms. The lowest BCUT2D eigenvalue weighted by Crippen LogP contribution is -2.48. The summed E-state index contributed by atoms with van der Waals surface area (Å²) in [4.78, 5) is 51.0. The lowest BCUT2D eigenvalue weighted by molar-refractivity contribution is -0.166. The molecule has 0 aromatic heterocycles. The van der Waals surface area contributed by atoms with Gasteiger partial charge in [-0.3, -0.25) is 24.1 Å². The van der Waals surface area contributed by atoms with Crippen LogP contribution in [-0.2, 0) is 38.9 Å². The molecule has 4 fully saturated rings. The molecule has 4 rings (SSSR count). The highest BCUT2D eigenvalue weighted by Gasteiger charge is 2.70. The Morgan fingerprint density at radius 3 is 2.38 bits per heavy atom. The van der Waals surface area contributed by atoms with Gasteiger partial charge in [0.25, 0.3) is 10.2 Å². The van der Waals surface area contributed by atoms with Crippen LogP contribution in [0.3, 0.4) is 0 Å². The fourth-order valence-electron chi connectivity index (χ4n) is 6.30. The first-order valence-electron chi connectivity index (χ1n) is 11.9. The van der Waals surface area contributed by atoms with Gasteiger partial charge in [0, 0.05) is 45.8 Å². The van der Waals surface area contributed by atoms with Crippen molar-refractivity contribution in [3.63, 3.8) is 0 Å². The molecule has 4 aliphatic rings. The Balaban J connectivity index is 1.52. The average Bonchev–Trinajstić information content (AvgIpc) is 2.98. The van der Waals surface area contributed by atoms with Gasteiger partial charge in [-0.2, -0.15) is 17.0 Å². The molecule has 2 heterocycles. The summed E-state index contributed by atoms with van der Waals surface area (Å²) in [6.07, 6.45) is 0.0973. The van der Waals surface area contributed by atoms with Gasteiger partial charge in [-0.05, 0) is 25.2 Å². The average molecular weight is 500 g/mol. The minimum Gasteiger partial charge on any atom is -0.459 e. The second kappa shape index (κ2) is 8.87. The zero-order valence-corrected chi connectivity index (χ0v) is 21.0. The maximum absolute atomic E-state index is 13.6. The third-order valence-electron chi connectivity index (χ3n) is 7.69. The van der Waals surface area contributed by atoms with E-state index < -0.39 is 58.3 Å². The molecule has 2 amide bonds. The first-order valence-corrected chi connectivity index (χ1v) is 13.3. The quantitative estimate of drug-likeness (QED) is 0.357. The van der Waals surface area contributed by atoms with Crippen LogP contribution in [0, 0.1) is 23.7 Å². The Labute approximate surface area is 199 Å². The Kier molecular flexibility index (Phi) is 6.54. The van der Waals surface area contributed by atoms with Gasteiger partial charge in [0.2, 0.25) is 11.8 Å². The molecule has 0 radical (unpaired) electrons. The molecule has 0 unspecified atom stereocenters. The van der Waals surface area contributed by atoms with Crippen LogP contribution in [0.15, 0.2) is 0 Å². The number of carbonyl (C=O) groups excluding carboxylic acids is 4. The molecule has 2 saturated heterocycles. The van der Waals surface area contributed by atoms with Crippen LogP contribution in [-0.4, -0.2) is 90.1 Å². The number of rotatable bonds is 7. The minimum absolute atomic E-state index is 0.153. The van der Waals surface area contributed by atoms with E-state index in [-0.39, 0.29) is 30.2 Å². The van der Waals surface area contributed by atoms with Crippen molar-refractivity contribution >= 4 is 34.0 Å². The third kappa shape index (κ3) is 3.93. The Bertz CT molecular complexity index is 1000. The predicted octanol–water partition coefficient (Wildman–Crippen LogP) is 0.150. The second-order valence-corrected chi connectivity index (χ2v) is 11.8. The van der Waals surface area contributed by atoms with Crippen molar-refractivity contribution in [3.8, 4) is 0 Å². The number of hydrogen-bond donors (Lipinski definition) is 0. The van der Waals surface area contributed by atoms with Crippen molar-refractivity contribution in [1.82, 2.24) is 13.5 Å². The molecule has 0 aromatic rings. The normalized spacial score (nSPS) is 37.0. The van der Waals surface area contributed by atoms with Crippen LogP contribution >= 0.6 is 0 Å².